The van der Waals surface area contributed by atoms with Crippen molar-refractivity contribution in [2.24, 2.45) is 4.99 Å². The molecule has 0 amide bonds. The van der Waals surface area contributed by atoms with Crippen molar-refractivity contribution in [1.29, 1.82) is 0 Å². The third-order valence-corrected chi connectivity index (χ3v) is 4.17. The van der Waals surface area contributed by atoms with Crippen LogP contribution in [0.25, 0.3) is 0 Å². The molecule has 1 fully saturated rings. The number of para-hydroxylation sites is 1. The molecule has 4 nitrogen and oxygen atoms in total. The van der Waals surface area contributed by atoms with Gasteiger partial charge in [0.1, 0.15) is 5.75 Å². The van der Waals surface area contributed by atoms with Crippen LogP contribution in [0.4, 0.5) is 0 Å². The Morgan fingerprint density at radius 2 is 2.05 bits per heavy atom. The molecule has 1 aliphatic carbocycles. The van der Waals surface area contributed by atoms with Crippen molar-refractivity contribution < 1.29 is 4.74 Å². The maximum Gasteiger partial charge on any atom is 0.191 e. The van der Waals surface area contributed by atoms with Gasteiger partial charge >= 0.3 is 0 Å². The lowest BCUT2D eigenvalue weighted by molar-refractivity contribution is 0.403. The van der Waals surface area contributed by atoms with Gasteiger partial charge in [-0.1, -0.05) is 31.5 Å². The highest BCUT2D eigenvalue weighted by Gasteiger charge is 2.45. The first kappa shape index (κ1) is 15.7. The van der Waals surface area contributed by atoms with Crippen LogP contribution in [0.15, 0.2) is 29.3 Å². The van der Waals surface area contributed by atoms with Gasteiger partial charge in [-0.05, 0) is 25.3 Å². The molecule has 0 unspecified atom stereocenters. The van der Waals surface area contributed by atoms with Gasteiger partial charge in [-0.25, -0.2) is 0 Å². The Balaban J connectivity index is 1.95. The predicted octanol–water partition coefficient (Wildman–Crippen LogP) is 2.69. The summed E-state index contributed by atoms with van der Waals surface area (Å²) in [4.78, 5) is 4.29. The predicted molar refractivity (Wildman–Crippen MR) is 88.2 cm³/mol. The summed E-state index contributed by atoms with van der Waals surface area (Å²) in [6.07, 6.45) is 4.76. The van der Waals surface area contributed by atoms with E-state index in [1.165, 1.54) is 31.2 Å². The van der Waals surface area contributed by atoms with Crippen molar-refractivity contribution in [3.8, 4) is 5.75 Å². The van der Waals surface area contributed by atoms with E-state index in [1.807, 2.05) is 19.2 Å². The van der Waals surface area contributed by atoms with Gasteiger partial charge in [0.15, 0.2) is 5.96 Å². The van der Waals surface area contributed by atoms with Gasteiger partial charge in [0.05, 0.1) is 7.11 Å². The maximum absolute atomic E-state index is 5.51. The van der Waals surface area contributed by atoms with E-state index in [9.17, 15) is 0 Å². The van der Waals surface area contributed by atoms with Gasteiger partial charge in [0.2, 0.25) is 0 Å². The second-order valence-electron chi connectivity index (χ2n) is 5.69. The first-order valence-corrected chi connectivity index (χ1v) is 7.84. The highest BCUT2D eigenvalue weighted by Crippen LogP contribution is 2.50. The fraction of sp³-hybridized carbons (Fsp3) is 0.588. The third-order valence-electron chi connectivity index (χ3n) is 4.17. The quantitative estimate of drug-likeness (QED) is 0.461. The monoisotopic (exact) mass is 289 g/mol. The molecule has 0 saturated heterocycles. The Bertz CT molecular complexity index is 481. The van der Waals surface area contributed by atoms with Gasteiger partial charge in [0, 0.05) is 31.1 Å². The Hall–Kier alpha value is -1.71. The van der Waals surface area contributed by atoms with Crippen LogP contribution in [-0.4, -0.2) is 33.2 Å². The number of benzene rings is 1. The van der Waals surface area contributed by atoms with Crippen LogP contribution in [0.3, 0.4) is 0 Å². The largest absolute Gasteiger partial charge is 0.496 e. The van der Waals surface area contributed by atoms with Crippen molar-refractivity contribution >= 4 is 5.96 Å². The van der Waals surface area contributed by atoms with Crippen LogP contribution >= 0.6 is 0 Å². The molecule has 0 heterocycles. The van der Waals surface area contributed by atoms with E-state index >= 15 is 0 Å². The highest BCUT2D eigenvalue weighted by atomic mass is 16.5. The molecule has 1 aromatic carbocycles. The molecule has 4 heteroatoms. The lowest BCUT2D eigenvalue weighted by atomic mass is 9.95. The van der Waals surface area contributed by atoms with Crippen LogP contribution in [0.5, 0.6) is 5.75 Å². The zero-order valence-corrected chi connectivity index (χ0v) is 13.4. The van der Waals surface area contributed by atoms with Crippen LogP contribution in [0.1, 0.15) is 38.2 Å². The molecule has 0 radical (unpaired) electrons. The molecule has 0 atom stereocenters. The SMILES string of the molecule is CCCCNC(=NC)NCC1(c2ccccc2OC)CC1. The number of rotatable bonds is 7. The van der Waals surface area contributed by atoms with Crippen LogP contribution in [0.2, 0.25) is 0 Å². The molecule has 1 aromatic rings. The van der Waals surface area contributed by atoms with Gasteiger partial charge in [-0.15, -0.1) is 0 Å². The molecule has 2 N–H and O–H groups in total. The number of guanidine groups is 1. The summed E-state index contributed by atoms with van der Waals surface area (Å²) >= 11 is 0. The van der Waals surface area contributed by atoms with Gasteiger partial charge < -0.3 is 15.4 Å². The second kappa shape index (κ2) is 7.34. The van der Waals surface area contributed by atoms with Crippen LogP contribution < -0.4 is 15.4 Å². The van der Waals surface area contributed by atoms with Gasteiger partial charge in [-0.3, -0.25) is 4.99 Å². The second-order valence-corrected chi connectivity index (χ2v) is 5.69. The number of hydrogen-bond donors (Lipinski definition) is 2. The van der Waals surface area contributed by atoms with E-state index in [0.29, 0.717) is 0 Å². The van der Waals surface area contributed by atoms with Crippen molar-refractivity contribution in [3.05, 3.63) is 29.8 Å². The van der Waals surface area contributed by atoms with Crippen LogP contribution in [0, 0.1) is 0 Å². The first-order valence-electron chi connectivity index (χ1n) is 7.84. The number of ether oxygens (including phenoxy) is 1. The summed E-state index contributed by atoms with van der Waals surface area (Å²) in [6.45, 7) is 4.07. The maximum atomic E-state index is 5.51. The molecule has 21 heavy (non-hydrogen) atoms. The van der Waals surface area contributed by atoms with Crippen LogP contribution in [-0.2, 0) is 5.41 Å². The number of aliphatic imine (C=N–C) groups is 1. The summed E-state index contributed by atoms with van der Waals surface area (Å²) in [5.41, 5.74) is 1.51. The standard InChI is InChI=1S/C17H27N3O/c1-4-5-12-19-16(18-2)20-13-17(10-11-17)14-8-6-7-9-15(14)21-3/h6-9H,4-5,10-13H2,1-3H3,(H2,18,19,20). The van der Waals surface area contributed by atoms with E-state index in [0.717, 1.165) is 24.8 Å². The van der Waals surface area contributed by atoms with Crippen molar-refractivity contribution in [3.63, 3.8) is 0 Å². The average molecular weight is 289 g/mol. The van der Waals surface area contributed by atoms with Gasteiger partial charge in [0.25, 0.3) is 0 Å². The number of methoxy groups -OCH3 is 1. The normalized spacial score (nSPS) is 16.4. The highest BCUT2D eigenvalue weighted by molar-refractivity contribution is 5.79. The summed E-state index contributed by atoms with van der Waals surface area (Å²) < 4.78 is 5.51. The van der Waals surface area contributed by atoms with Gasteiger partial charge in [-0.2, -0.15) is 0 Å². The Morgan fingerprint density at radius 1 is 1.29 bits per heavy atom. The minimum atomic E-state index is 0.203. The lowest BCUT2D eigenvalue weighted by Crippen LogP contribution is -2.41. The molecule has 1 saturated carbocycles. The summed E-state index contributed by atoms with van der Waals surface area (Å²) in [7, 11) is 3.57. The number of nitrogens with one attached hydrogen (secondary N) is 2. The van der Waals surface area contributed by atoms with Crippen molar-refractivity contribution in [2.75, 3.05) is 27.2 Å². The third kappa shape index (κ3) is 3.90. The van der Waals surface area contributed by atoms with Crippen molar-refractivity contribution in [1.82, 2.24) is 10.6 Å². The molecule has 1 aliphatic rings. The molecule has 0 bridgehead atoms. The Labute approximate surface area is 128 Å². The molecular weight excluding hydrogens is 262 g/mol. The topological polar surface area (TPSA) is 45.7 Å². The average Bonchev–Trinajstić information content (AvgIpc) is 3.32. The summed E-state index contributed by atoms with van der Waals surface area (Å²) in [5, 5.41) is 6.82. The van der Waals surface area contributed by atoms with E-state index in [4.69, 9.17) is 4.74 Å². The number of nitrogens with zero attached hydrogens (tertiary/aromatic N) is 1. The Morgan fingerprint density at radius 3 is 2.67 bits per heavy atom. The summed E-state index contributed by atoms with van der Waals surface area (Å²) in [5.74, 6) is 1.88. The van der Waals surface area contributed by atoms with E-state index in [1.54, 1.807) is 7.11 Å². The van der Waals surface area contributed by atoms with Crippen molar-refractivity contribution in [2.45, 2.75) is 38.0 Å². The fourth-order valence-electron chi connectivity index (χ4n) is 2.63. The first-order chi connectivity index (χ1) is 10.3. The number of unbranched alkanes of at least 4 members (excludes halogenated alkanes) is 1. The minimum Gasteiger partial charge on any atom is -0.496 e. The molecular formula is C17H27N3O. The van der Waals surface area contributed by atoms with E-state index < -0.39 is 0 Å². The minimum absolute atomic E-state index is 0.203. The molecule has 0 aliphatic heterocycles. The lowest BCUT2D eigenvalue weighted by Gasteiger charge is -2.21. The fourth-order valence-corrected chi connectivity index (χ4v) is 2.63. The molecule has 2 rings (SSSR count). The molecule has 0 aromatic heterocycles. The summed E-state index contributed by atoms with van der Waals surface area (Å²) in [6, 6.07) is 8.34. The zero-order chi connectivity index (χ0) is 15.1. The molecule has 116 valence electrons. The van der Waals surface area contributed by atoms with E-state index in [-0.39, 0.29) is 5.41 Å². The van der Waals surface area contributed by atoms with E-state index in [2.05, 4.69) is 34.7 Å². The Kier molecular flexibility index (Phi) is 5.48. The molecule has 0 spiro atoms. The zero-order valence-electron chi connectivity index (χ0n) is 13.4. The number of hydrogen-bond acceptors (Lipinski definition) is 2. The smallest absolute Gasteiger partial charge is 0.191 e.